The number of H-pyrrole nitrogens is 1. The van der Waals surface area contributed by atoms with Gasteiger partial charge in [-0.1, -0.05) is 30.3 Å². The van der Waals surface area contributed by atoms with Gasteiger partial charge in [-0.15, -0.1) is 0 Å². The molecule has 0 amide bonds. The second kappa shape index (κ2) is 9.17. The number of carbonyl (C=O) groups is 1. The van der Waals surface area contributed by atoms with Gasteiger partial charge in [0, 0.05) is 18.6 Å². The molecule has 1 aliphatic carbocycles. The molecule has 0 radical (unpaired) electrons. The number of imidazole rings is 1. The number of non-ortho nitro benzene ring substituents is 1. The topological polar surface area (TPSA) is 88.9 Å². The van der Waals surface area contributed by atoms with Gasteiger partial charge in [0.25, 0.3) is 5.69 Å². The maximum Gasteiger partial charge on any atom is 0.271 e. The lowest BCUT2D eigenvalue weighted by atomic mass is 9.77. The van der Waals surface area contributed by atoms with Crippen LogP contribution in [0.4, 0.5) is 10.1 Å². The number of hydrogen-bond acceptors (Lipinski definition) is 4. The van der Waals surface area contributed by atoms with E-state index in [-0.39, 0.29) is 5.69 Å². The average Bonchev–Trinajstić information content (AvgIpc) is 3.28. The van der Waals surface area contributed by atoms with E-state index in [0.717, 1.165) is 43.1 Å². The Morgan fingerprint density at radius 3 is 2.41 bits per heavy atom. The van der Waals surface area contributed by atoms with E-state index in [1.54, 1.807) is 12.1 Å². The molecule has 6 nitrogen and oxygen atoms in total. The summed E-state index contributed by atoms with van der Waals surface area (Å²) in [7, 11) is 0. The van der Waals surface area contributed by atoms with Crippen LogP contribution in [0, 0.1) is 21.8 Å². The fourth-order valence-electron chi connectivity index (χ4n) is 4.94. The molecule has 1 heterocycles. The summed E-state index contributed by atoms with van der Waals surface area (Å²) in [6, 6.07) is 17.7. The number of benzene rings is 3. The molecule has 0 spiro atoms. The third kappa shape index (κ3) is 4.33. The highest BCUT2D eigenvalue weighted by molar-refractivity contribution is 5.82. The molecule has 4 aromatic rings. The van der Waals surface area contributed by atoms with Gasteiger partial charge in [0.2, 0.25) is 0 Å². The second-order valence-electron chi connectivity index (χ2n) is 8.98. The first kappa shape index (κ1) is 21.9. The lowest BCUT2D eigenvalue weighted by Gasteiger charge is -2.27. The molecule has 0 atom stereocenters. The van der Waals surface area contributed by atoms with Crippen LogP contribution in [0.25, 0.3) is 33.5 Å². The molecule has 1 aromatic heterocycles. The molecular formula is C27H24FN3O3. The van der Waals surface area contributed by atoms with E-state index >= 15 is 4.39 Å². The number of aldehydes is 1. The Bertz CT molecular complexity index is 1360. The summed E-state index contributed by atoms with van der Waals surface area (Å²) in [6.45, 7) is 0. The van der Waals surface area contributed by atoms with Crippen molar-refractivity contribution >= 4 is 23.0 Å². The minimum absolute atomic E-state index is 0.0454. The molecule has 1 fully saturated rings. The lowest BCUT2D eigenvalue weighted by Crippen LogP contribution is -2.13. The molecule has 5 rings (SSSR count). The number of aromatic amines is 1. The first-order valence-corrected chi connectivity index (χ1v) is 11.5. The van der Waals surface area contributed by atoms with Crippen LogP contribution >= 0.6 is 0 Å². The Morgan fingerprint density at radius 2 is 1.74 bits per heavy atom. The second-order valence-corrected chi connectivity index (χ2v) is 8.98. The summed E-state index contributed by atoms with van der Waals surface area (Å²) in [5.74, 6) is 0.958. The number of nitro groups is 1. The molecule has 3 aromatic carbocycles. The van der Waals surface area contributed by atoms with Crippen molar-refractivity contribution in [3.63, 3.8) is 0 Å². The Morgan fingerprint density at radius 1 is 1.00 bits per heavy atom. The third-order valence-corrected chi connectivity index (χ3v) is 6.89. The van der Waals surface area contributed by atoms with Crippen LogP contribution in [0.5, 0.6) is 0 Å². The van der Waals surface area contributed by atoms with Crippen LogP contribution in [-0.4, -0.2) is 21.2 Å². The monoisotopic (exact) mass is 457 g/mol. The number of nitro benzene ring substituents is 1. The molecule has 172 valence electrons. The highest BCUT2D eigenvalue weighted by Gasteiger charge is 2.22. The predicted octanol–water partition coefficient (Wildman–Crippen LogP) is 6.81. The van der Waals surface area contributed by atoms with E-state index in [4.69, 9.17) is 0 Å². The number of aromatic nitrogens is 2. The van der Waals surface area contributed by atoms with Crippen molar-refractivity contribution in [2.45, 2.75) is 38.0 Å². The van der Waals surface area contributed by atoms with Gasteiger partial charge in [0.15, 0.2) is 0 Å². The zero-order valence-electron chi connectivity index (χ0n) is 18.5. The first-order valence-electron chi connectivity index (χ1n) is 11.5. The summed E-state index contributed by atoms with van der Waals surface area (Å²) in [4.78, 5) is 28.6. The first-order chi connectivity index (χ1) is 16.5. The zero-order valence-corrected chi connectivity index (χ0v) is 18.5. The molecule has 0 saturated heterocycles. The van der Waals surface area contributed by atoms with Gasteiger partial charge in [0.1, 0.15) is 17.9 Å². The molecule has 0 bridgehead atoms. The Balaban J connectivity index is 1.34. The minimum atomic E-state index is -0.473. The van der Waals surface area contributed by atoms with Crippen molar-refractivity contribution in [2.75, 3.05) is 0 Å². The fourth-order valence-corrected chi connectivity index (χ4v) is 4.94. The summed E-state index contributed by atoms with van der Waals surface area (Å²) in [6.07, 6.45) is 6.08. The quantitative estimate of drug-likeness (QED) is 0.196. The van der Waals surface area contributed by atoms with Crippen LogP contribution in [0.15, 0.2) is 60.7 Å². The van der Waals surface area contributed by atoms with Crippen LogP contribution in [0.3, 0.4) is 0 Å². The molecule has 1 saturated carbocycles. The van der Waals surface area contributed by atoms with E-state index in [2.05, 4.69) is 22.1 Å². The molecule has 7 heteroatoms. The van der Waals surface area contributed by atoms with E-state index in [1.807, 2.05) is 18.2 Å². The fraction of sp³-hybridized carbons (Fsp3) is 0.259. The van der Waals surface area contributed by atoms with Crippen molar-refractivity contribution in [2.24, 2.45) is 5.92 Å². The van der Waals surface area contributed by atoms with Gasteiger partial charge < -0.3 is 9.78 Å². The SMILES string of the molecule is O=CCC1CCC(c2ccc(-c3ccc(-c4nc5ccc([N+](=O)[O-])cc5[nH]4)c(F)c3)cc2)CC1. The number of nitrogens with one attached hydrogen (secondary N) is 1. The smallest absolute Gasteiger partial charge is 0.271 e. The Labute approximate surface area is 196 Å². The summed E-state index contributed by atoms with van der Waals surface area (Å²) >= 11 is 0. The summed E-state index contributed by atoms with van der Waals surface area (Å²) in [5.41, 5.74) is 4.30. The van der Waals surface area contributed by atoms with Crippen molar-refractivity contribution in [3.8, 4) is 22.5 Å². The molecule has 1 N–H and O–H groups in total. The average molecular weight is 458 g/mol. The van der Waals surface area contributed by atoms with E-state index in [1.165, 1.54) is 23.8 Å². The number of carbonyl (C=O) groups excluding carboxylic acids is 1. The third-order valence-electron chi connectivity index (χ3n) is 6.89. The van der Waals surface area contributed by atoms with E-state index in [0.29, 0.717) is 40.7 Å². The van der Waals surface area contributed by atoms with Crippen molar-refractivity contribution < 1.29 is 14.1 Å². The standard InChI is InChI=1S/C27H24FN3O3/c28-24-15-21(20-7-5-19(6-8-20)18-3-1-17(2-4-18)13-14-32)9-11-23(24)27-29-25-12-10-22(31(33)34)16-26(25)30-27/h5-12,14-18H,1-4,13H2,(H,29,30). The van der Waals surface area contributed by atoms with Crippen LogP contribution < -0.4 is 0 Å². The van der Waals surface area contributed by atoms with Gasteiger partial charge in [0.05, 0.1) is 21.5 Å². The Hall–Kier alpha value is -3.87. The maximum atomic E-state index is 15.0. The number of fused-ring (bicyclic) bond motifs is 1. The van der Waals surface area contributed by atoms with Crippen molar-refractivity contribution in [1.29, 1.82) is 0 Å². The lowest BCUT2D eigenvalue weighted by molar-refractivity contribution is -0.384. The molecule has 0 aliphatic heterocycles. The van der Waals surface area contributed by atoms with Crippen LogP contribution in [-0.2, 0) is 4.79 Å². The summed E-state index contributed by atoms with van der Waals surface area (Å²) in [5, 5.41) is 11.0. The highest BCUT2D eigenvalue weighted by Crippen LogP contribution is 2.37. The Kier molecular flexibility index (Phi) is 5.92. The number of halogens is 1. The van der Waals surface area contributed by atoms with Gasteiger partial charge in [-0.3, -0.25) is 10.1 Å². The molecule has 34 heavy (non-hydrogen) atoms. The normalized spacial score (nSPS) is 18.1. The maximum absolute atomic E-state index is 15.0. The predicted molar refractivity (Wildman–Crippen MR) is 129 cm³/mol. The van der Waals surface area contributed by atoms with Crippen molar-refractivity contribution in [1.82, 2.24) is 9.97 Å². The van der Waals surface area contributed by atoms with E-state index in [9.17, 15) is 14.9 Å². The number of hydrogen-bond donors (Lipinski definition) is 1. The minimum Gasteiger partial charge on any atom is -0.338 e. The molecular weight excluding hydrogens is 433 g/mol. The van der Waals surface area contributed by atoms with Crippen LogP contribution in [0.2, 0.25) is 0 Å². The van der Waals surface area contributed by atoms with Gasteiger partial charge in [-0.25, -0.2) is 9.37 Å². The van der Waals surface area contributed by atoms with E-state index < -0.39 is 10.7 Å². The van der Waals surface area contributed by atoms with Gasteiger partial charge in [-0.05, 0) is 72.4 Å². The van der Waals surface area contributed by atoms with Crippen LogP contribution in [0.1, 0.15) is 43.6 Å². The number of nitrogens with zero attached hydrogens (tertiary/aromatic N) is 2. The van der Waals surface area contributed by atoms with Gasteiger partial charge >= 0.3 is 0 Å². The molecule has 1 aliphatic rings. The number of rotatable bonds is 6. The largest absolute Gasteiger partial charge is 0.338 e. The van der Waals surface area contributed by atoms with Crippen molar-refractivity contribution in [3.05, 3.63) is 82.2 Å². The zero-order chi connectivity index (χ0) is 23.7. The van der Waals surface area contributed by atoms with Gasteiger partial charge in [-0.2, -0.15) is 0 Å². The molecule has 0 unspecified atom stereocenters. The highest BCUT2D eigenvalue weighted by atomic mass is 19.1. The summed E-state index contributed by atoms with van der Waals surface area (Å²) < 4.78 is 15.0.